The molecule has 1 aliphatic carbocycles. The Labute approximate surface area is 396 Å². The number of rotatable bonds is 12. The van der Waals surface area contributed by atoms with Crippen LogP contribution in [-0.2, 0) is 37.5 Å². The number of carboxylic acid groups (broad SMARTS) is 3. The molecule has 1 aliphatic rings. The molecule has 8 rings (SSSR count). The molecule has 0 radical (unpaired) electrons. The van der Waals surface area contributed by atoms with Crippen LogP contribution < -0.4 is 5.10 Å². The molecule has 0 spiro atoms. The number of aromatic carboxylic acids is 3. The van der Waals surface area contributed by atoms with Crippen LogP contribution in [0, 0.1) is 0 Å². The van der Waals surface area contributed by atoms with Gasteiger partial charge in [0.15, 0.2) is 0 Å². The Balaban J connectivity index is 0.000000232. The van der Waals surface area contributed by atoms with Gasteiger partial charge in [-0.25, -0.2) is 19.4 Å². The smallest absolute Gasteiger partial charge is 0.753 e. The number of halogens is 3. The van der Waals surface area contributed by atoms with Gasteiger partial charge >= 0.3 is 43.6 Å². The molecule has 0 saturated heterocycles. The minimum absolute atomic E-state index is 0. The fraction of sp³-hybridized carbons (Fsp3) is 0.222. The maximum absolute atomic E-state index is 12.8. The number of fused-ring (bicyclic) bond motifs is 3. The largest absolute Gasteiger partial charge is 2.00 e. The number of isothiocyanates is 1. The molecule has 13 nitrogen and oxygen atoms in total. The van der Waals surface area contributed by atoms with Crippen LogP contribution in [0.4, 0.5) is 13.2 Å². The van der Waals surface area contributed by atoms with E-state index < -0.39 is 29.8 Å². The number of hydrogen-bond donors (Lipinski definition) is 3. The van der Waals surface area contributed by atoms with Gasteiger partial charge in [0.2, 0.25) is 0 Å². The van der Waals surface area contributed by atoms with Crippen LogP contribution in [0.1, 0.15) is 99.2 Å². The number of aromatic nitrogens is 6. The molecule has 3 N–H and O–H groups in total. The van der Waals surface area contributed by atoms with Crippen molar-refractivity contribution >= 4 is 58.0 Å². The zero-order valence-corrected chi connectivity index (χ0v) is 38.7. The van der Waals surface area contributed by atoms with Crippen molar-refractivity contribution in [3.05, 3.63) is 129 Å². The van der Waals surface area contributed by atoms with Crippen LogP contribution in [0.2, 0.25) is 0 Å². The van der Waals surface area contributed by atoms with Crippen molar-refractivity contribution in [3.8, 4) is 54.4 Å². The fourth-order valence-corrected chi connectivity index (χ4v) is 9.63. The number of carboxylic acids is 3. The third-order valence-electron chi connectivity index (χ3n) is 10.1. The number of nitrogens with zero attached hydrogens (tertiary/aromatic N) is 7. The van der Waals surface area contributed by atoms with E-state index >= 15 is 0 Å². The van der Waals surface area contributed by atoms with Crippen LogP contribution in [0.25, 0.3) is 59.8 Å². The molecule has 0 unspecified atom stereocenters. The molecule has 0 fully saturated rings. The summed E-state index contributed by atoms with van der Waals surface area (Å²) in [6.07, 6.45) is 5.97. The van der Waals surface area contributed by atoms with E-state index in [-0.39, 0.29) is 70.1 Å². The number of unbranched alkanes of at least 4 members (excludes halogenated alkanes) is 3. The van der Waals surface area contributed by atoms with Crippen LogP contribution >= 0.6 is 34.9 Å². The Hall–Kier alpha value is -6.17. The van der Waals surface area contributed by atoms with Crippen LogP contribution in [0.3, 0.4) is 0 Å². The van der Waals surface area contributed by atoms with Crippen molar-refractivity contribution in [2.45, 2.75) is 64.5 Å². The second kappa shape index (κ2) is 21.2. The van der Waals surface area contributed by atoms with Gasteiger partial charge in [0.05, 0.1) is 39.5 Å². The summed E-state index contributed by atoms with van der Waals surface area (Å²) < 4.78 is 38.5. The molecule has 0 amide bonds. The third kappa shape index (κ3) is 11.6. The number of aryl methyl sites for hydroxylation is 1. The maximum atomic E-state index is 12.8. The van der Waals surface area contributed by atoms with E-state index in [1.807, 2.05) is 17.4 Å². The van der Waals surface area contributed by atoms with Gasteiger partial charge in [0.25, 0.3) is 0 Å². The van der Waals surface area contributed by atoms with Crippen molar-refractivity contribution < 1.29 is 62.4 Å². The van der Waals surface area contributed by atoms with Crippen molar-refractivity contribution in [1.29, 1.82) is 0 Å². The van der Waals surface area contributed by atoms with Gasteiger partial charge in [-0.15, -0.1) is 22.7 Å². The Kier molecular flexibility index (Phi) is 16.3. The summed E-state index contributed by atoms with van der Waals surface area (Å²) in [5, 5.41) is 42.9. The van der Waals surface area contributed by atoms with Crippen molar-refractivity contribution in [2.75, 3.05) is 0 Å². The van der Waals surface area contributed by atoms with Crippen LogP contribution in [0.5, 0.6) is 0 Å². The molecule has 7 aromatic rings. The van der Waals surface area contributed by atoms with E-state index in [0.717, 1.165) is 22.9 Å². The standard InChI is InChI=1S/C26H25F3N3S2.C18H11N3O6.CNS.Ru/c1-4-5-6-7-8-16-11-17-23(33-16)24-18(25(17,2)3)12-21(34-24)15-9-10-19(30-14-15)20-13-22(32-31-20)26(27,28)29;22-16(23)9-1-3-19-12(5-9)14-7-11(18(26)27)8-15(21-14)13-6-10(17(24)25)2-4-20-13;2-1-3;/h9-14H,4-8H2,1-3H3;1-8H,(H,22,23)(H,24,25)(H,26,27);;/q-1;;-1;+2. The fourth-order valence-electron chi connectivity index (χ4n) is 6.81. The van der Waals surface area contributed by atoms with Gasteiger partial charge < -0.3 is 30.9 Å². The minimum Gasteiger partial charge on any atom is -0.753 e. The van der Waals surface area contributed by atoms with E-state index in [1.165, 1.54) is 105 Å². The molecule has 65 heavy (non-hydrogen) atoms. The summed E-state index contributed by atoms with van der Waals surface area (Å²) in [7, 11) is 0. The predicted octanol–water partition coefficient (Wildman–Crippen LogP) is 11.3. The Morgan fingerprint density at radius 3 is 1.82 bits per heavy atom. The summed E-state index contributed by atoms with van der Waals surface area (Å²) in [4.78, 5) is 55.8. The average molecular weight is 1030 g/mol. The van der Waals surface area contributed by atoms with E-state index in [9.17, 15) is 32.7 Å². The van der Waals surface area contributed by atoms with Crippen LogP contribution in [0.15, 0.2) is 85.3 Å². The predicted molar refractivity (Wildman–Crippen MR) is 240 cm³/mol. The van der Waals surface area contributed by atoms with Gasteiger partial charge in [0, 0.05) is 54.8 Å². The third-order valence-corrected chi connectivity index (χ3v) is 12.6. The second-order valence-electron chi connectivity index (χ2n) is 14.8. The molecule has 20 heteroatoms. The summed E-state index contributed by atoms with van der Waals surface area (Å²) in [5.74, 6) is -3.56. The summed E-state index contributed by atoms with van der Waals surface area (Å²) in [6, 6.07) is 16.8. The molecule has 7 aromatic heterocycles. The average Bonchev–Trinajstić information content (AvgIpc) is 4.08. The summed E-state index contributed by atoms with van der Waals surface area (Å²) in [5.41, 5.74) is 3.57. The van der Waals surface area contributed by atoms with E-state index in [2.05, 4.69) is 75.3 Å². The first-order valence-corrected chi connectivity index (χ1v) is 21.5. The molecular formula is C45H36F3N7O6RuS3. The molecule has 0 saturated carbocycles. The topological polar surface area (TPSA) is 213 Å². The number of alkyl halides is 3. The SMILES string of the molecule is CCCCCCc1cc2c(s1)-c1sc(-c3ccc(-c4cc(C(F)(F)F)n[n-]4)nc3)cc1C2(C)C.O=C(O)c1ccnc(-c2cc(C(=O)O)cc(-c3cc(C(=O)O)ccn3)n2)c1.[N-]=C=S.[Ru+2]. The van der Waals surface area contributed by atoms with Crippen molar-refractivity contribution in [1.82, 2.24) is 30.1 Å². The monoisotopic (exact) mass is 1030 g/mol. The first-order valence-electron chi connectivity index (χ1n) is 19.4. The normalized spacial score (nSPS) is 12.0. The van der Waals surface area contributed by atoms with Gasteiger partial charge in [-0.2, -0.15) is 18.3 Å². The zero-order valence-electron chi connectivity index (χ0n) is 34.5. The zero-order chi connectivity index (χ0) is 46.3. The quantitative estimate of drug-likeness (QED) is 0.0450. The molecule has 7 heterocycles. The van der Waals surface area contributed by atoms with Gasteiger partial charge in [-0.3, -0.25) is 15.0 Å². The molecule has 0 aliphatic heterocycles. The Morgan fingerprint density at radius 2 is 1.31 bits per heavy atom. The van der Waals surface area contributed by atoms with Gasteiger partial charge in [-0.1, -0.05) is 57.9 Å². The van der Waals surface area contributed by atoms with Crippen molar-refractivity contribution in [2.24, 2.45) is 0 Å². The summed E-state index contributed by atoms with van der Waals surface area (Å²) in [6.45, 7) is 6.81. The van der Waals surface area contributed by atoms with Crippen molar-refractivity contribution in [3.63, 3.8) is 0 Å². The molecule has 0 aromatic carbocycles. The molecule has 0 atom stereocenters. The number of carbonyl (C=O) groups is 3. The first-order chi connectivity index (χ1) is 30.4. The number of thiocarbonyl (C=S) groups is 1. The second-order valence-corrected chi connectivity index (χ2v) is 17.2. The minimum atomic E-state index is -4.51. The van der Waals surface area contributed by atoms with E-state index in [4.69, 9.17) is 15.6 Å². The molecular weight excluding hydrogens is 989 g/mol. The van der Waals surface area contributed by atoms with Crippen LogP contribution in [-0.4, -0.2) is 63.4 Å². The molecule has 0 bridgehead atoms. The van der Waals surface area contributed by atoms with Gasteiger partial charge in [0.1, 0.15) is 5.69 Å². The van der Waals surface area contributed by atoms with Gasteiger partial charge in [-0.05, 0) is 90.7 Å². The number of thiophene rings is 2. The Morgan fingerprint density at radius 1 is 0.754 bits per heavy atom. The number of pyridine rings is 4. The maximum Gasteiger partial charge on any atom is 2.00 e. The first kappa shape index (κ1) is 49.8. The molecule has 334 valence electrons. The van der Waals surface area contributed by atoms with E-state index in [0.29, 0.717) is 5.69 Å². The number of hydrogen-bond acceptors (Lipinski definition) is 11. The van der Waals surface area contributed by atoms with E-state index in [1.54, 1.807) is 23.6 Å². The Bertz CT molecular complexity index is 2810. The summed E-state index contributed by atoms with van der Waals surface area (Å²) >= 11 is 7.39.